The molecule has 1 atom stereocenters. The van der Waals surface area contributed by atoms with Crippen LogP contribution in [0, 0.1) is 0 Å². The number of aromatic nitrogens is 1. The molecule has 0 fully saturated rings. The third-order valence-corrected chi connectivity index (χ3v) is 5.54. The van der Waals surface area contributed by atoms with Crippen LogP contribution in [0.1, 0.15) is 41.6 Å². The molecule has 0 bridgehead atoms. The Balaban J connectivity index is 1.88. The monoisotopic (exact) mass is 517 g/mol. The van der Waals surface area contributed by atoms with Crippen LogP contribution in [0.4, 0.5) is 23.7 Å². The van der Waals surface area contributed by atoms with Gasteiger partial charge in [-0.2, -0.15) is 13.2 Å². The zero-order valence-electron chi connectivity index (χ0n) is 20.1. The number of hydrogen-bond acceptors (Lipinski definition) is 5. The molecule has 3 rings (SSSR count). The van der Waals surface area contributed by atoms with Crippen LogP contribution in [-0.4, -0.2) is 28.3 Å². The molecule has 196 valence electrons. The summed E-state index contributed by atoms with van der Waals surface area (Å²) in [7, 11) is 1.44. The normalized spacial score (nSPS) is 12.0. The van der Waals surface area contributed by atoms with Crippen molar-refractivity contribution in [1.82, 2.24) is 9.88 Å². The third kappa shape index (κ3) is 7.12. The van der Waals surface area contributed by atoms with Crippen molar-refractivity contribution in [3.63, 3.8) is 0 Å². The largest absolute Gasteiger partial charge is 0.505 e. The second-order valence-corrected chi connectivity index (χ2v) is 8.23. The standard InChI is InChI=1S/C26H26F3N3O5/c1-3-37-22(34)15-20(30-25(36)31-23-21(33)11-12-32(2)24(23)35)18-9-6-7-16(14-18)13-17-8-4-5-10-19(17)26(27,28)29/h4-12,14,20,33H,3,13,15H2,1-2H3,(H2,30,31,36). The van der Waals surface area contributed by atoms with Crippen molar-refractivity contribution in [1.29, 1.82) is 0 Å². The number of aromatic hydroxyl groups is 1. The molecule has 1 aromatic heterocycles. The fraction of sp³-hybridized carbons (Fsp3) is 0.269. The van der Waals surface area contributed by atoms with Gasteiger partial charge in [0, 0.05) is 13.2 Å². The SMILES string of the molecule is CCOC(=O)CC(NC(=O)Nc1c(O)ccn(C)c1=O)c1cccc(Cc2ccccc2C(F)(F)F)c1. The summed E-state index contributed by atoms with van der Waals surface area (Å²) in [6.45, 7) is 1.74. The lowest BCUT2D eigenvalue weighted by atomic mass is 9.95. The van der Waals surface area contributed by atoms with Gasteiger partial charge in [0.15, 0.2) is 5.69 Å². The van der Waals surface area contributed by atoms with Crippen LogP contribution in [0.3, 0.4) is 0 Å². The molecule has 1 unspecified atom stereocenters. The van der Waals surface area contributed by atoms with E-state index in [0.717, 1.165) is 10.6 Å². The average molecular weight is 518 g/mol. The predicted molar refractivity (Wildman–Crippen MR) is 130 cm³/mol. The van der Waals surface area contributed by atoms with Crippen LogP contribution in [-0.2, 0) is 29.2 Å². The summed E-state index contributed by atoms with van der Waals surface area (Å²) in [5, 5.41) is 14.9. The Morgan fingerprint density at radius 1 is 1.11 bits per heavy atom. The summed E-state index contributed by atoms with van der Waals surface area (Å²) < 4.78 is 46.5. The summed E-state index contributed by atoms with van der Waals surface area (Å²) in [6.07, 6.45) is -3.49. The highest BCUT2D eigenvalue weighted by molar-refractivity contribution is 5.91. The van der Waals surface area contributed by atoms with E-state index < -0.39 is 41.1 Å². The van der Waals surface area contributed by atoms with Crippen LogP contribution in [0.2, 0.25) is 0 Å². The molecule has 0 aliphatic rings. The number of halogens is 3. The first-order chi connectivity index (χ1) is 17.5. The Bertz CT molecular complexity index is 1340. The quantitative estimate of drug-likeness (QED) is 0.381. The number of hydrogen-bond donors (Lipinski definition) is 3. The molecule has 11 heteroatoms. The Labute approximate surface area is 210 Å². The number of pyridine rings is 1. The molecule has 8 nitrogen and oxygen atoms in total. The number of aryl methyl sites for hydroxylation is 1. The molecule has 2 aromatic carbocycles. The van der Waals surface area contributed by atoms with E-state index in [1.807, 2.05) is 0 Å². The number of amides is 2. The van der Waals surface area contributed by atoms with Crippen molar-refractivity contribution in [2.24, 2.45) is 7.05 Å². The number of rotatable bonds is 8. The van der Waals surface area contributed by atoms with Crippen molar-refractivity contribution < 1.29 is 32.6 Å². The van der Waals surface area contributed by atoms with Gasteiger partial charge in [-0.25, -0.2) is 4.79 Å². The van der Waals surface area contributed by atoms with Crippen LogP contribution in [0.5, 0.6) is 5.75 Å². The minimum absolute atomic E-state index is 0.0320. The highest BCUT2D eigenvalue weighted by Gasteiger charge is 2.32. The number of urea groups is 1. The van der Waals surface area contributed by atoms with Gasteiger partial charge >= 0.3 is 18.2 Å². The van der Waals surface area contributed by atoms with E-state index in [4.69, 9.17) is 4.74 Å². The van der Waals surface area contributed by atoms with Crippen molar-refractivity contribution in [3.05, 3.63) is 93.4 Å². The molecule has 1 heterocycles. The number of anilines is 1. The second kappa shape index (κ2) is 11.6. The molecule has 0 aliphatic heterocycles. The predicted octanol–water partition coefficient (Wildman–Crippen LogP) is 4.52. The summed E-state index contributed by atoms with van der Waals surface area (Å²) in [4.78, 5) is 37.2. The molecule has 3 aromatic rings. The minimum Gasteiger partial charge on any atom is -0.505 e. The number of nitrogens with zero attached hydrogens (tertiary/aromatic N) is 1. The van der Waals surface area contributed by atoms with Crippen LogP contribution in [0.25, 0.3) is 0 Å². The van der Waals surface area contributed by atoms with Gasteiger partial charge in [-0.3, -0.25) is 9.59 Å². The van der Waals surface area contributed by atoms with E-state index in [-0.39, 0.29) is 30.7 Å². The Morgan fingerprint density at radius 2 is 1.84 bits per heavy atom. The molecule has 37 heavy (non-hydrogen) atoms. The number of carbonyl (C=O) groups excluding carboxylic acids is 2. The first kappa shape index (κ1) is 27.3. The maximum Gasteiger partial charge on any atom is 0.416 e. The molecule has 0 saturated heterocycles. The fourth-order valence-corrected chi connectivity index (χ4v) is 3.77. The number of carbonyl (C=O) groups is 2. The van der Waals surface area contributed by atoms with E-state index in [0.29, 0.717) is 11.1 Å². The smallest absolute Gasteiger partial charge is 0.416 e. The van der Waals surface area contributed by atoms with Crippen molar-refractivity contribution in [3.8, 4) is 5.75 Å². The lowest BCUT2D eigenvalue weighted by Crippen LogP contribution is -2.36. The molecule has 3 N–H and O–H groups in total. The number of benzene rings is 2. The Hall–Kier alpha value is -4.28. The molecule has 0 saturated carbocycles. The van der Waals surface area contributed by atoms with Gasteiger partial charge in [0.25, 0.3) is 5.56 Å². The summed E-state index contributed by atoms with van der Waals surface area (Å²) in [5.41, 5.74) is -0.701. The van der Waals surface area contributed by atoms with E-state index in [1.54, 1.807) is 31.2 Å². The van der Waals surface area contributed by atoms with Gasteiger partial charge in [0.05, 0.1) is 24.6 Å². The maximum atomic E-state index is 13.4. The zero-order chi connectivity index (χ0) is 27.2. The van der Waals surface area contributed by atoms with Gasteiger partial charge < -0.3 is 25.0 Å². The van der Waals surface area contributed by atoms with Crippen LogP contribution < -0.4 is 16.2 Å². The third-order valence-electron chi connectivity index (χ3n) is 5.54. The maximum absolute atomic E-state index is 13.4. The van der Waals surface area contributed by atoms with Gasteiger partial charge in [0.2, 0.25) is 0 Å². The first-order valence-electron chi connectivity index (χ1n) is 11.3. The van der Waals surface area contributed by atoms with Gasteiger partial charge in [-0.05, 0) is 42.2 Å². The zero-order valence-corrected chi connectivity index (χ0v) is 20.1. The van der Waals surface area contributed by atoms with Crippen molar-refractivity contribution in [2.45, 2.75) is 32.0 Å². The van der Waals surface area contributed by atoms with Crippen LogP contribution in [0.15, 0.2) is 65.6 Å². The molecular weight excluding hydrogens is 491 g/mol. The number of alkyl halides is 3. The summed E-state index contributed by atoms with van der Waals surface area (Å²) in [5.74, 6) is -1.05. The molecule has 0 radical (unpaired) electrons. The molecule has 0 aliphatic carbocycles. The molecular formula is C26H26F3N3O5. The molecule has 0 spiro atoms. The summed E-state index contributed by atoms with van der Waals surface area (Å²) >= 11 is 0. The van der Waals surface area contributed by atoms with Gasteiger partial charge in [0.1, 0.15) is 5.75 Å². The lowest BCUT2D eigenvalue weighted by molar-refractivity contribution is -0.143. The van der Waals surface area contributed by atoms with Crippen LogP contribution >= 0.6 is 0 Å². The van der Waals surface area contributed by atoms with E-state index in [2.05, 4.69) is 10.6 Å². The second-order valence-electron chi connectivity index (χ2n) is 8.23. The van der Waals surface area contributed by atoms with Crippen molar-refractivity contribution in [2.75, 3.05) is 11.9 Å². The van der Waals surface area contributed by atoms with E-state index >= 15 is 0 Å². The Morgan fingerprint density at radius 3 is 2.54 bits per heavy atom. The molecule has 2 amide bonds. The van der Waals surface area contributed by atoms with E-state index in [1.165, 1.54) is 37.5 Å². The topological polar surface area (TPSA) is 110 Å². The van der Waals surface area contributed by atoms with Gasteiger partial charge in [-0.1, -0.05) is 42.5 Å². The van der Waals surface area contributed by atoms with E-state index in [9.17, 15) is 32.7 Å². The number of ether oxygens (including phenoxy) is 1. The fourth-order valence-electron chi connectivity index (χ4n) is 3.77. The lowest BCUT2D eigenvalue weighted by Gasteiger charge is -2.20. The average Bonchev–Trinajstić information content (AvgIpc) is 2.84. The first-order valence-corrected chi connectivity index (χ1v) is 11.3. The number of nitrogens with one attached hydrogen (secondary N) is 2. The highest BCUT2D eigenvalue weighted by Crippen LogP contribution is 2.33. The van der Waals surface area contributed by atoms with Gasteiger partial charge in [-0.15, -0.1) is 0 Å². The Kier molecular flexibility index (Phi) is 8.59. The summed E-state index contributed by atoms with van der Waals surface area (Å²) in [6, 6.07) is 11.1. The highest BCUT2D eigenvalue weighted by atomic mass is 19.4. The minimum atomic E-state index is -4.51. The number of esters is 1. The van der Waals surface area contributed by atoms with Crippen molar-refractivity contribution >= 4 is 17.7 Å².